The van der Waals surface area contributed by atoms with Gasteiger partial charge >= 0.3 is 0 Å². The van der Waals surface area contributed by atoms with Gasteiger partial charge in [-0.1, -0.05) is 24.3 Å². The van der Waals surface area contributed by atoms with Crippen molar-refractivity contribution >= 4 is 11.8 Å². The van der Waals surface area contributed by atoms with Crippen molar-refractivity contribution in [1.29, 1.82) is 10.5 Å². The van der Waals surface area contributed by atoms with Crippen molar-refractivity contribution in [3.05, 3.63) is 35.4 Å². The summed E-state index contributed by atoms with van der Waals surface area (Å²) in [7, 11) is 0. The highest BCUT2D eigenvalue weighted by Crippen LogP contribution is 2.41. The molecule has 0 aliphatic carbocycles. The molecule has 0 fully saturated rings. The Balaban J connectivity index is 2.63. The Hall–Kier alpha value is -1.45. The van der Waals surface area contributed by atoms with Gasteiger partial charge < -0.3 is 0 Å². The van der Waals surface area contributed by atoms with Crippen LogP contribution in [-0.2, 0) is 11.2 Å². The van der Waals surface area contributed by atoms with Gasteiger partial charge in [-0.15, -0.1) is 11.8 Å². The Labute approximate surface area is 87.2 Å². The molecule has 0 saturated heterocycles. The van der Waals surface area contributed by atoms with E-state index in [0.29, 0.717) is 0 Å². The van der Waals surface area contributed by atoms with E-state index in [-0.39, 0.29) is 0 Å². The molecule has 0 atom stereocenters. The quantitative estimate of drug-likeness (QED) is 0.645. The van der Waals surface area contributed by atoms with Gasteiger partial charge in [0, 0.05) is 5.75 Å². The molecule has 0 bridgehead atoms. The van der Waals surface area contributed by atoms with E-state index in [0.717, 1.165) is 23.3 Å². The van der Waals surface area contributed by atoms with Gasteiger partial charge in [0.2, 0.25) is 4.75 Å². The molecule has 1 aromatic carbocycles. The molecule has 68 valence electrons. The lowest BCUT2D eigenvalue weighted by atomic mass is 9.93. The summed E-state index contributed by atoms with van der Waals surface area (Å²) in [6.45, 7) is 0. The molecule has 1 aliphatic heterocycles. The Kier molecular flexibility index (Phi) is 2.19. The summed E-state index contributed by atoms with van der Waals surface area (Å²) in [6.07, 6.45) is 0.950. The Bertz CT molecular complexity index is 425. The predicted molar refractivity (Wildman–Crippen MR) is 55.5 cm³/mol. The second kappa shape index (κ2) is 3.36. The zero-order valence-corrected chi connectivity index (χ0v) is 8.34. The van der Waals surface area contributed by atoms with Gasteiger partial charge in [-0.05, 0) is 17.5 Å². The normalized spacial score (nSPS) is 17.6. The summed E-state index contributed by atoms with van der Waals surface area (Å²) >= 11 is 1.43. The van der Waals surface area contributed by atoms with Crippen LogP contribution < -0.4 is 0 Å². The number of thioether (sulfide) groups is 1. The van der Waals surface area contributed by atoms with E-state index >= 15 is 0 Å². The fourth-order valence-corrected chi connectivity index (χ4v) is 2.80. The summed E-state index contributed by atoms with van der Waals surface area (Å²) in [4.78, 5) is 0. The molecule has 1 aliphatic rings. The minimum absolute atomic E-state index is 0.845. The first-order chi connectivity index (χ1) is 6.82. The number of fused-ring (bicyclic) bond motifs is 1. The monoisotopic (exact) mass is 200 g/mol. The molecule has 1 aromatic rings. The standard InChI is InChI=1S/C11H8N2S/c12-7-11(8-13)10-4-2-1-3-9(10)5-6-14-11/h1-4H,5-6H2. The summed E-state index contributed by atoms with van der Waals surface area (Å²) in [6, 6.07) is 12.0. The number of hydrogen-bond acceptors (Lipinski definition) is 3. The topological polar surface area (TPSA) is 47.6 Å². The molecule has 0 unspecified atom stereocenters. The number of aryl methyl sites for hydroxylation is 1. The lowest BCUT2D eigenvalue weighted by Gasteiger charge is -2.26. The van der Waals surface area contributed by atoms with E-state index in [1.807, 2.05) is 24.3 Å². The molecule has 2 nitrogen and oxygen atoms in total. The molecule has 14 heavy (non-hydrogen) atoms. The van der Waals surface area contributed by atoms with Gasteiger partial charge in [0.25, 0.3) is 0 Å². The largest absolute Gasteiger partial charge is 0.214 e. The third-order valence-electron chi connectivity index (χ3n) is 2.40. The van der Waals surface area contributed by atoms with Crippen molar-refractivity contribution in [3.63, 3.8) is 0 Å². The van der Waals surface area contributed by atoms with E-state index in [9.17, 15) is 0 Å². The number of nitrogens with zero attached hydrogens (tertiary/aromatic N) is 2. The first-order valence-corrected chi connectivity index (χ1v) is 5.36. The molecule has 1 heterocycles. The molecule has 0 N–H and O–H groups in total. The molecule has 0 saturated carbocycles. The average molecular weight is 200 g/mol. The number of benzene rings is 1. The SMILES string of the molecule is N#CC1(C#N)SCCc2ccccc21. The molecular formula is C11H8N2S. The number of rotatable bonds is 0. The van der Waals surface area contributed by atoms with Crippen molar-refractivity contribution in [1.82, 2.24) is 0 Å². The van der Waals surface area contributed by atoms with Crippen molar-refractivity contribution < 1.29 is 0 Å². The average Bonchev–Trinajstić information content (AvgIpc) is 2.28. The smallest absolute Gasteiger partial charge is 0.195 e. The third kappa shape index (κ3) is 1.18. The van der Waals surface area contributed by atoms with Crippen molar-refractivity contribution in [2.45, 2.75) is 11.2 Å². The highest BCUT2D eigenvalue weighted by molar-refractivity contribution is 8.00. The fraction of sp³-hybridized carbons (Fsp3) is 0.273. The van der Waals surface area contributed by atoms with Gasteiger partial charge in [-0.2, -0.15) is 10.5 Å². The van der Waals surface area contributed by atoms with Crippen molar-refractivity contribution in [3.8, 4) is 12.1 Å². The highest BCUT2D eigenvalue weighted by atomic mass is 32.2. The Morgan fingerprint density at radius 1 is 1.21 bits per heavy atom. The van der Waals surface area contributed by atoms with Crippen LogP contribution in [0.25, 0.3) is 0 Å². The van der Waals surface area contributed by atoms with E-state index in [1.165, 1.54) is 11.8 Å². The summed E-state index contributed by atoms with van der Waals surface area (Å²) in [5.74, 6) is 0.845. The van der Waals surface area contributed by atoms with Crippen LogP contribution in [0, 0.1) is 22.7 Å². The van der Waals surface area contributed by atoms with Gasteiger partial charge in [0.15, 0.2) is 0 Å². The third-order valence-corrected chi connectivity index (χ3v) is 3.65. The number of nitriles is 2. The van der Waals surface area contributed by atoms with E-state index < -0.39 is 4.75 Å². The first-order valence-electron chi connectivity index (χ1n) is 4.37. The lowest BCUT2D eigenvalue weighted by molar-refractivity contribution is 0.935. The van der Waals surface area contributed by atoms with E-state index in [4.69, 9.17) is 10.5 Å². The van der Waals surface area contributed by atoms with Crippen LogP contribution in [0.5, 0.6) is 0 Å². The van der Waals surface area contributed by atoms with Crippen LogP contribution in [0.1, 0.15) is 11.1 Å². The maximum Gasteiger partial charge on any atom is 0.214 e. The second-order valence-electron chi connectivity index (χ2n) is 3.16. The molecule has 0 aromatic heterocycles. The lowest BCUT2D eigenvalue weighted by Crippen LogP contribution is -2.24. The van der Waals surface area contributed by atoms with Crippen molar-refractivity contribution in [2.75, 3.05) is 5.75 Å². The molecule has 2 rings (SSSR count). The zero-order chi connectivity index (χ0) is 10.0. The molecule has 3 heteroatoms. The minimum Gasteiger partial charge on any atom is -0.195 e. The molecular weight excluding hydrogens is 192 g/mol. The van der Waals surface area contributed by atoms with Crippen LogP contribution in [0.15, 0.2) is 24.3 Å². The first kappa shape index (κ1) is 9.12. The maximum absolute atomic E-state index is 9.09. The molecule has 0 radical (unpaired) electrons. The number of hydrogen-bond donors (Lipinski definition) is 0. The summed E-state index contributed by atoms with van der Waals surface area (Å²) in [5.41, 5.74) is 2.01. The molecule has 0 amide bonds. The van der Waals surface area contributed by atoms with Gasteiger partial charge in [0.05, 0.1) is 0 Å². The van der Waals surface area contributed by atoms with E-state index in [1.54, 1.807) is 0 Å². The zero-order valence-electron chi connectivity index (χ0n) is 7.53. The maximum atomic E-state index is 9.09. The van der Waals surface area contributed by atoms with Crippen LogP contribution in [-0.4, -0.2) is 5.75 Å². The van der Waals surface area contributed by atoms with Gasteiger partial charge in [-0.3, -0.25) is 0 Å². The van der Waals surface area contributed by atoms with Crippen LogP contribution in [0.4, 0.5) is 0 Å². The summed E-state index contributed by atoms with van der Waals surface area (Å²) < 4.78 is -0.977. The highest BCUT2D eigenvalue weighted by Gasteiger charge is 2.37. The van der Waals surface area contributed by atoms with Crippen LogP contribution in [0.2, 0.25) is 0 Å². The van der Waals surface area contributed by atoms with Crippen LogP contribution in [0.3, 0.4) is 0 Å². The van der Waals surface area contributed by atoms with Crippen molar-refractivity contribution in [2.24, 2.45) is 0 Å². The Morgan fingerprint density at radius 3 is 2.64 bits per heavy atom. The fourth-order valence-electron chi connectivity index (χ4n) is 1.68. The predicted octanol–water partition coefficient (Wildman–Crippen LogP) is 2.22. The van der Waals surface area contributed by atoms with Crippen LogP contribution >= 0.6 is 11.8 Å². The molecule has 0 spiro atoms. The van der Waals surface area contributed by atoms with Gasteiger partial charge in [0.1, 0.15) is 12.1 Å². The van der Waals surface area contributed by atoms with E-state index in [2.05, 4.69) is 12.1 Å². The minimum atomic E-state index is -0.977. The second-order valence-corrected chi connectivity index (χ2v) is 4.47. The summed E-state index contributed by atoms with van der Waals surface area (Å²) in [5, 5.41) is 18.2. The Morgan fingerprint density at radius 2 is 1.93 bits per heavy atom. The van der Waals surface area contributed by atoms with Gasteiger partial charge in [-0.25, -0.2) is 0 Å².